The van der Waals surface area contributed by atoms with Gasteiger partial charge in [-0.05, 0) is 13.0 Å². The predicted octanol–water partition coefficient (Wildman–Crippen LogP) is 1.98. The monoisotopic (exact) mass is 338 g/mol. The number of nitrogens with zero attached hydrogens (tertiary/aromatic N) is 3. The molecule has 2 rings (SSSR count). The molecule has 0 radical (unpaired) electrons. The number of rotatable bonds is 6. The van der Waals surface area contributed by atoms with Gasteiger partial charge in [0.15, 0.2) is 0 Å². The van der Waals surface area contributed by atoms with Crippen LogP contribution in [0.1, 0.15) is 21.7 Å². The van der Waals surface area contributed by atoms with Crippen LogP contribution < -0.4 is 5.32 Å². The summed E-state index contributed by atoms with van der Waals surface area (Å²) in [5.41, 5.74) is 0.172. The summed E-state index contributed by atoms with van der Waals surface area (Å²) in [6, 6.07) is 1.64. The van der Waals surface area contributed by atoms with Crippen LogP contribution in [0.25, 0.3) is 0 Å². The minimum atomic E-state index is -0.555. The Hall–Kier alpha value is -2.75. The summed E-state index contributed by atoms with van der Waals surface area (Å²) >= 11 is 1.27. The van der Waals surface area contributed by atoms with Crippen LogP contribution >= 0.6 is 11.3 Å². The van der Waals surface area contributed by atoms with E-state index >= 15 is 0 Å². The van der Waals surface area contributed by atoms with E-state index < -0.39 is 10.9 Å². The second kappa shape index (κ2) is 7.01. The van der Waals surface area contributed by atoms with Gasteiger partial charge in [-0.15, -0.1) is 11.3 Å². The Kier molecular flexibility index (Phi) is 5.06. The van der Waals surface area contributed by atoms with E-state index in [-0.39, 0.29) is 24.6 Å². The van der Waals surface area contributed by atoms with Crippen molar-refractivity contribution < 1.29 is 19.2 Å². The summed E-state index contributed by atoms with van der Waals surface area (Å²) in [6.07, 6.45) is 2.44. The van der Waals surface area contributed by atoms with Gasteiger partial charge < -0.3 is 10.1 Å². The van der Waals surface area contributed by atoms with Crippen LogP contribution in [0, 0.1) is 17.0 Å². The van der Waals surface area contributed by atoms with Crippen LogP contribution in [0.4, 0.5) is 10.7 Å². The zero-order valence-electron chi connectivity index (χ0n) is 12.4. The third kappa shape index (κ3) is 4.13. The van der Waals surface area contributed by atoms with E-state index in [0.717, 1.165) is 11.1 Å². The Morgan fingerprint density at radius 1 is 1.52 bits per heavy atom. The third-order valence-corrected chi connectivity index (χ3v) is 3.88. The molecule has 10 heteroatoms. The van der Waals surface area contributed by atoms with Crippen molar-refractivity contribution in [3.8, 4) is 0 Å². The molecule has 23 heavy (non-hydrogen) atoms. The molecular formula is C13H14N4O5S. The van der Waals surface area contributed by atoms with Crippen LogP contribution in [0.5, 0.6) is 0 Å². The van der Waals surface area contributed by atoms with Crippen molar-refractivity contribution in [2.75, 3.05) is 12.4 Å². The first-order valence-corrected chi connectivity index (χ1v) is 7.38. The number of carbonyl (C=O) groups excluding carboxylic acids is 2. The molecule has 0 aliphatic heterocycles. The number of ether oxygens (including phenoxy) is 1. The van der Waals surface area contributed by atoms with Crippen LogP contribution in [0.2, 0.25) is 0 Å². The molecule has 0 aromatic carbocycles. The Bertz CT molecular complexity index is 751. The molecule has 0 unspecified atom stereocenters. The summed E-state index contributed by atoms with van der Waals surface area (Å²) in [6.45, 7) is 2.01. The van der Waals surface area contributed by atoms with Crippen molar-refractivity contribution in [1.82, 2.24) is 9.78 Å². The molecule has 0 aliphatic rings. The number of nitrogens with one attached hydrogen (secondary N) is 1. The highest BCUT2D eigenvalue weighted by atomic mass is 32.1. The van der Waals surface area contributed by atoms with Crippen LogP contribution in [-0.4, -0.2) is 33.7 Å². The van der Waals surface area contributed by atoms with Crippen molar-refractivity contribution in [3.05, 3.63) is 39.0 Å². The largest absolute Gasteiger partial charge is 0.465 e. The molecule has 1 amide bonds. The number of anilines is 1. The molecule has 1 N–H and O–H groups in total. The minimum Gasteiger partial charge on any atom is -0.465 e. The molecule has 0 fully saturated rings. The number of hydrogen-bond acceptors (Lipinski definition) is 7. The van der Waals surface area contributed by atoms with Gasteiger partial charge in [0.1, 0.15) is 17.4 Å². The highest BCUT2D eigenvalue weighted by molar-refractivity contribution is 7.16. The maximum Gasteiger partial charge on any atom is 0.340 e. The molecule has 0 saturated carbocycles. The number of nitro groups is 1. The number of esters is 1. The van der Waals surface area contributed by atoms with Gasteiger partial charge >= 0.3 is 11.7 Å². The van der Waals surface area contributed by atoms with Crippen LogP contribution in [-0.2, 0) is 16.1 Å². The Morgan fingerprint density at radius 2 is 2.26 bits per heavy atom. The minimum absolute atomic E-state index is 0.0659. The summed E-state index contributed by atoms with van der Waals surface area (Å²) in [7, 11) is 1.27. The van der Waals surface area contributed by atoms with Crippen molar-refractivity contribution >= 4 is 33.9 Å². The van der Waals surface area contributed by atoms with Gasteiger partial charge in [-0.2, -0.15) is 5.10 Å². The number of methoxy groups -OCH3 is 1. The number of aryl methyl sites for hydroxylation is 2. The smallest absolute Gasteiger partial charge is 0.340 e. The zero-order chi connectivity index (χ0) is 17.0. The first-order chi connectivity index (χ1) is 10.9. The van der Waals surface area contributed by atoms with Gasteiger partial charge in [0.25, 0.3) is 0 Å². The Labute approximate surface area is 135 Å². The highest BCUT2D eigenvalue weighted by Gasteiger charge is 2.17. The van der Waals surface area contributed by atoms with E-state index in [1.165, 1.54) is 29.3 Å². The Balaban J connectivity index is 1.97. The number of carbonyl (C=O) groups is 2. The number of aromatic nitrogens is 2. The van der Waals surface area contributed by atoms with E-state index in [9.17, 15) is 19.7 Å². The van der Waals surface area contributed by atoms with Gasteiger partial charge in [-0.25, -0.2) is 4.79 Å². The van der Waals surface area contributed by atoms with Crippen LogP contribution in [0.15, 0.2) is 18.5 Å². The highest BCUT2D eigenvalue weighted by Crippen LogP contribution is 2.28. The Morgan fingerprint density at radius 3 is 2.87 bits per heavy atom. The third-order valence-electron chi connectivity index (χ3n) is 2.91. The van der Waals surface area contributed by atoms with Gasteiger partial charge in [0.2, 0.25) is 5.91 Å². The molecule has 122 valence electrons. The summed E-state index contributed by atoms with van der Waals surface area (Å²) in [4.78, 5) is 34.5. The molecule has 2 aromatic rings. The molecule has 0 aliphatic carbocycles. The van der Waals surface area contributed by atoms with Crippen molar-refractivity contribution in [1.29, 1.82) is 0 Å². The molecule has 2 heterocycles. The fraction of sp³-hybridized carbons (Fsp3) is 0.308. The average molecular weight is 338 g/mol. The van der Waals surface area contributed by atoms with Gasteiger partial charge in [-0.1, -0.05) is 0 Å². The average Bonchev–Trinajstić information content (AvgIpc) is 3.11. The van der Waals surface area contributed by atoms with E-state index in [4.69, 9.17) is 0 Å². The van der Waals surface area contributed by atoms with Crippen LogP contribution in [0.3, 0.4) is 0 Å². The summed E-state index contributed by atoms with van der Waals surface area (Å²) in [5, 5.41) is 17.4. The van der Waals surface area contributed by atoms with Gasteiger partial charge in [0, 0.05) is 17.8 Å². The summed E-state index contributed by atoms with van der Waals surface area (Å²) < 4.78 is 5.98. The van der Waals surface area contributed by atoms with Gasteiger partial charge in [0.05, 0.1) is 17.6 Å². The van der Waals surface area contributed by atoms with E-state index in [1.54, 1.807) is 6.07 Å². The van der Waals surface area contributed by atoms with Crippen molar-refractivity contribution in [2.24, 2.45) is 0 Å². The van der Waals surface area contributed by atoms with E-state index in [0.29, 0.717) is 10.6 Å². The molecule has 0 atom stereocenters. The molecular weight excluding hydrogens is 324 g/mol. The standard InChI is InChI=1S/C13H14N4O5S/c1-8-5-10(13(19)22-2)12(23-8)15-11(18)3-4-16-7-9(6-14-16)17(20)21/h5-7H,3-4H2,1-2H3,(H,15,18). The topological polar surface area (TPSA) is 116 Å². The van der Waals surface area contributed by atoms with Crippen molar-refractivity contribution in [2.45, 2.75) is 19.9 Å². The molecule has 0 spiro atoms. The fourth-order valence-corrected chi connectivity index (χ4v) is 2.76. The van der Waals surface area contributed by atoms with E-state index in [1.807, 2.05) is 6.92 Å². The van der Waals surface area contributed by atoms with E-state index in [2.05, 4.69) is 15.2 Å². The lowest BCUT2D eigenvalue weighted by Gasteiger charge is -2.05. The maximum absolute atomic E-state index is 12.0. The lowest BCUT2D eigenvalue weighted by Crippen LogP contribution is -2.16. The normalized spacial score (nSPS) is 10.3. The number of hydrogen-bond donors (Lipinski definition) is 1. The second-order valence-electron chi connectivity index (χ2n) is 4.61. The van der Waals surface area contributed by atoms with Crippen molar-refractivity contribution in [3.63, 3.8) is 0 Å². The molecule has 2 aromatic heterocycles. The van der Waals surface area contributed by atoms with Gasteiger partial charge in [-0.3, -0.25) is 19.6 Å². The zero-order valence-corrected chi connectivity index (χ0v) is 13.3. The lowest BCUT2D eigenvalue weighted by atomic mass is 10.3. The predicted molar refractivity (Wildman–Crippen MR) is 82.5 cm³/mol. The summed E-state index contributed by atoms with van der Waals surface area (Å²) in [5.74, 6) is -0.845. The fourth-order valence-electron chi connectivity index (χ4n) is 1.84. The first-order valence-electron chi connectivity index (χ1n) is 6.56. The molecule has 0 saturated heterocycles. The SMILES string of the molecule is COC(=O)c1cc(C)sc1NC(=O)CCn1cc([N+](=O)[O-])cn1. The number of thiophene rings is 1. The first kappa shape index (κ1) is 16.6. The second-order valence-corrected chi connectivity index (χ2v) is 5.86. The number of amides is 1. The quantitative estimate of drug-likeness (QED) is 0.489. The molecule has 9 nitrogen and oxygen atoms in total. The molecule has 0 bridgehead atoms. The lowest BCUT2D eigenvalue weighted by molar-refractivity contribution is -0.385. The maximum atomic E-state index is 12.0.